The van der Waals surface area contributed by atoms with Gasteiger partial charge in [0.1, 0.15) is 12.4 Å². The van der Waals surface area contributed by atoms with Gasteiger partial charge in [-0.25, -0.2) is 0 Å². The summed E-state index contributed by atoms with van der Waals surface area (Å²) in [7, 11) is 3.81. The molecule has 1 aromatic rings. The molecule has 0 aromatic heterocycles. The summed E-state index contributed by atoms with van der Waals surface area (Å²) in [6.07, 6.45) is 0.460. The number of aldehydes is 1. The van der Waals surface area contributed by atoms with E-state index in [-0.39, 0.29) is 11.3 Å². The lowest BCUT2D eigenvalue weighted by molar-refractivity contribution is -0.385. The average molecular weight is 238 g/mol. The number of benzene rings is 1. The van der Waals surface area contributed by atoms with Crippen LogP contribution in [0.4, 0.5) is 5.69 Å². The lowest BCUT2D eigenvalue weighted by Crippen LogP contribution is -2.19. The number of hydrogen-bond acceptors (Lipinski definition) is 5. The Morgan fingerprint density at radius 1 is 1.47 bits per heavy atom. The van der Waals surface area contributed by atoms with E-state index in [0.29, 0.717) is 25.2 Å². The Hall–Kier alpha value is -1.95. The molecule has 0 aliphatic rings. The first-order valence-corrected chi connectivity index (χ1v) is 5.05. The average Bonchev–Trinajstić information content (AvgIpc) is 2.28. The molecule has 0 spiro atoms. The summed E-state index contributed by atoms with van der Waals surface area (Å²) < 4.78 is 5.35. The van der Waals surface area contributed by atoms with Crippen LogP contribution in [0.15, 0.2) is 18.2 Å². The third-order valence-electron chi connectivity index (χ3n) is 2.13. The molecule has 0 heterocycles. The van der Waals surface area contributed by atoms with Crippen molar-refractivity contribution in [3.8, 4) is 5.75 Å². The second kappa shape index (κ2) is 5.95. The third kappa shape index (κ3) is 3.84. The minimum atomic E-state index is -0.595. The molecule has 0 aliphatic heterocycles. The van der Waals surface area contributed by atoms with Crippen LogP contribution in [0.5, 0.6) is 5.75 Å². The van der Waals surface area contributed by atoms with Gasteiger partial charge in [0.05, 0.1) is 16.6 Å². The predicted molar refractivity (Wildman–Crippen MR) is 62.5 cm³/mol. The highest BCUT2D eigenvalue weighted by Gasteiger charge is 2.14. The van der Waals surface area contributed by atoms with Crippen LogP contribution in [-0.4, -0.2) is 43.4 Å². The van der Waals surface area contributed by atoms with Gasteiger partial charge in [0, 0.05) is 6.54 Å². The molecule has 0 amide bonds. The van der Waals surface area contributed by atoms with E-state index < -0.39 is 4.92 Å². The molecule has 6 heteroatoms. The van der Waals surface area contributed by atoms with Gasteiger partial charge < -0.3 is 9.64 Å². The van der Waals surface area contributed by atoms with E-state index >= 15 is 0 Å². The van der Waals surface area contributed by atoms with Crippen LogP contribution in [0.25, 0.3) is 0 Å². The third-order valence-corrected chi connectivity index (χ3v) is 2.13. The van der Waals surface area contributed by atoms with Crippen molar-refractivity contribution in [3.63, 3.8) is 0 Å². The van der Waals surface area contributed by atoms with E-state index in [1.165, 1.54) is 12.1 Å². The zero-order chi connectivity index (χ0) is 12.8. The van der Waals surface area contributed by atoms with E-state index in [1.807, 2.05) is 19.0 Å². The Kier molecular flexibility index (Phi) is 4.59. The van der Waals surface area contributed by atoms with Crippen LogP contribution < -0.4 is 4.74 Å². The highest BCUT2D eigenvalue weighted by atomic mass is 16.6. The molecular weight excluding hydrogens is 224 g/mol. The van der Waals surface area contributed by atoms with Crippen LogP contribution in [0.3, 0.4) is 0 Å². The lowest BCUT2D eigenvalue weighted by Gasteiger charge is -2.10. The SMILES string of the molecule is CN(C)CCOc1ccc(C=O)c([N+](=O)[O-])c1. The molecule has 0 saturated heterocycles. The highest BCUT2D eigenvalue weighted by Crippen LogP contribution is 2.23. The summed E-state index contributed by atoms with van der Waals surface area (Å²) in [5.74, 6) is 0.393. The van der Waals surface area contributed by atoms with Crippen LogP contribution in [-0.2, 0) is 0 Å². The molecule has 0 bridgehead atoms. The normalized spacial score (nSPS) is 10.3. The maximum absolute atomic E-state index is 10.7. The van der Waals surface area contributed by atoms with E-state index in [0.717, 1.165) is 0 Å². The molecule has 1 aromatic carbocycles. The highest BCUT2D eigenvalue weighted by molar-refractivity contribution is 5.81. The molecule has 0 radical (unpaired) electrons. The molecule has 6 nitrogen and oxygen atoms in total. The Labute approximate surface area is 98.9 Å². The molecule has 0 saturated carbocycles. The molecule has 92 valence electrons. The van der Waals surface area contributed by atoms with E-state index in [9.17, 15) is 14.9 Å². The molecule has 0 unspecified atom stereocenters. The molecule has 0 atom stereocenters. The fourth-order valence-electron chi connectivity index (χ4n) is 1.22. The first-order valence-electron chi connectivity index (χ1n) is 5.05. The van der Waals surface area contributed by atoms with Crippen LogP contribution >= 0.6 is 0 Å². The number of rotatable bonds is 6. The second-order valence-corrected chi connectivity index (χ2v) is 3.75. The van der Waals surface area contributed by atoms with Gasteiger partial charge in [0.2, 0.25) is 0 Å². The number of carbonyl (C=O) groups excluding carboxylic acids is 1. The van der Waals surface area contributed by atoms with E-state index in [4.69, 9.17) is 4.74 Å². The molecule has 0 aliphatic carbocycles. The van der Waals surface area contributed by atoms with E-state index in [2.05, 4.69) is 0 Å². The molecule has 0 N–H and O–H groups in total. The summed E-state index contributed by atoms with van der Waals surface area (Å²) >= 11 is 0. The van der Waals surface area contributed by atoms with Gasteiger partial charge in [-0.05, 0) is 26.2 Å². The number of hydrogen-bond donors (Lipinski definition) is 0. The summed E-state index contributed by atoms with van der Waals surface area (Å²) in [4.78, 5) is 22.6. The summed E-state index contributed by atoms with van der Waals surface area (Å²) in [5.41, 5.74) is -0.183. The van der Waals surface area contributed by atoms with Crippen molar-refractivity contribution in [2.24, 2.45) is 0 Å². The zero-order valence-electron chi connectivity index (χ0n) is 9.75. The lowest BCUT2D eigenvalue weighted by atomic mass is 10.2. The van der Waals surface area contributed by atoms with Crippen LogP contribution in [0.1, 0.15) is 10.4 Å². The Bertz CT molecular complexity index is 418. The number of likely N-dealkylation sites (N-methyl/N-ethyl adjacent to an activating group) is 1. The van der Waals surface area contributed by atoms with Gasteiger partial charge in [0.15, 0.2) is 6.29 Å². The standard InChI is InChI=1S/C11H14N2O4/c1-12(2)5-6-17-10-4-3-9(8-14)11(7-10)13(15)16/h3-4,7-8H,5-6H2,1-2H3. The van der Waals surface area contributed by atoms with E-state index in [1.54, 1.807) is 6.07 Å². The molecular formula is C11H14N2O4. The van der Waals surface area contributed by atoms with Crippen molar-refractivity contribution < 1.29 is 14.5 Å². The van der Waals surface area contributed by atoms with Gasteiger partial charge in [-0.2, -0.15) is 0 Å². The summed E-state index contributed by atoms with van der Waals surface area (Å²) in [6.45, 7) is 1.15. The summed E-state index contributed by atoms with van der Waals surface area (Å²) in [5, 5.41) is 10.7. The minimum Gasteiger partial charge on any atom is -0.492 e. The monoisotopic (exact) mass is 238 g/mol. The minimum absolute atomic E-state index is 0.0509. The molecule has 0 fully saturated rings. The van der Waals surface area contributed by atoms with Gasteiger partial charge in [-0.1, -0.05) is 0 Å². The zero-order valence-corrected chi connectivity index (χ0v) is 9.75. The first kappa shape index (κ1) is 13.1. The molecule has 17 heavy (non-hydrogen) atoms. The number of nitrogens with zero attached hydrogens (tertiary/aromatic N) is 2. The van der Waals surface area contributed by atoms with Crippen molar-refractivity contribution in [1.29, 1.82) is 0 Å². The van der Waals surface area contributed by atoms with Crippen LogP contribution in [0.2, 0.25) is 0 Å². The number of nitro benzene ring substituents is 1. The van der Waals surface area contributed by atoms with Crippen molar-refractivity contribution >= 4 is 12.0 Å². The predicted octanol–water partition coefficient (Wildman–Crippen LogP) is 1.35. The fourth-order valence-corrected chi connectivity index (χ4v) is 1.22. The van der Waals surface area contributed by atoms with Crippen LogP contribution in [0, 0.1) is 10.1 Å². The van der Waals surface area contributed by atoms with Gasteiger partial charge in [0.25, 0.3) is 5.69 Å². The van der Waals surface area contributed by atoms with Crippen molar-refractivity contribution in [2.75, 3.05) is 27.2 Å². The van der Waals surface area contributed by atoms with Crippen molar-refractivity contribution in [1.82, 2.24) is 4.90 Å². The quantitative estimate of drug-likeness (QED) is 0.425. The Morgan fingerprint density at radius 2 is 2.18 bits per heavy atom. The fraction of sp³-hybridized carbons (Fsp3) is 0.364. The maximum atomic E-state index is 10.7. The first-order chi connectivity index (χ1) is 8.04. The van der Waals surface area contributed by atoms with Gasteiger partial charge in [-0.3, -0.25) is 14.9 Å². The van der Waals surface area contributed by atoms with Crippen molar-refractivity contribution in [2.45, 2.75) is 0 Å². The Morgan fingerprint density at radius 3 is 2.71 bits per heavy atom. The maximum Gasteiger partial charge on any atom is 0.283 e. The number of carbonyl (C=O) groups is 1. The number of nitro groups is 1. The van der Waals surface area contributed by atoms with Gasteiger partial charge in [-0.15, -0.1) is 0 Å². The second-order valence-electron chi connectivity index (χ2n) is 3.75. The number of ether oxygens (including phenoxy) is 1. The van der Waals surface area contributed by atoms with Gasteiger partial charge >= 0.3 is 0 Å². The largest absolute Gasteiger partial charge is 0.492 e. The smallest absolute Gasteiger partial charge is 0.283 e. The summed E-state index contributed by atoms with van der Waals surface area (Å²) in [6, 6.07) is 4.20. The topological polar surface area (TPSA) is 72.7 Å². The van der Waals surface area contributed by atoms with Crippen molar-refractivity contribution in [3.05, 3.63) is 33.9 Å². The molecule has 1 rings (SSSR count). The Balaban J connectivity index is 2.78.